The SMILES string of the molecule is CC1=C(C)[C@@](C)(CO)[C@@]1(C)CO. The Labute approximate surface area is 73.9 Å². The molecule has 1 aliphatic rings. The van der Waals surface area contributed by atoms with Crippen molar-refractivity contribution in [3.63, 3.8) is 0 Å². The summed E-state index contributed by atoms with van der Waals surface area (Å²) in [7, 11) is 0. The second-order valence-electron chi connectivity index (χ2n) is 4.23. The molecule has 0 bridgehead atoms. The van der Waals surface area contributed by atoms with Gasteiger partial charge < -0.3 is 10.2 Å². The van der Waals surface area contributed by atoms with E-state index in [0.717, 1.165) is 0 Å². The summed E-state index contributed by atoms with van der Waals surface area (Å²) >= 11 is 0. The number of rotatable bonds is 2. The van der Waals surface area contributed by atoms with E-state index in [4.69, 9.17) is 0 Å². The fourth-order valence-electron chi connectivity index (χ4n) is 2.18. The summed E-state index contributed by atoms with van der Waals surface area (Å²) < 4.78 is 0. The molecule has 2 atom stereocenters. The Morgan fingerprint density at radius 1 is 0.917 bits per heavy atom. The topological polar surface area (TPSA) is 40.5 Å². The summed E-state index contributed by atoms with van der Waals surface area (Å²) in [6.45, 7) is 8.31. The zero-order valence-corrected chi connectivity index (χ0v) is 8.31. The van der Waals surface area contributed by atoms with E-state index in [-0.39, 0.29) is 24.0 Å². The fraction of sp³-hybridized carbons (Fsp3) is 0.800. The predicted molar refractivity (Wildman–Crippen MR) is 48.8 cm³/mol. The minimum atomic E-state index is -0.216. The molecule has 1 aliphatic carbocycles. The lowest BCUT2D eigenvalue weighted by Crippen LogP contribution is -2.53. The Hall–Kier alpha value is -0.340. The maximum Gasteiger partial charge on any atom is 0.0531 e. The Kier molecular flexibility index (Phi) is 2.09. The summed E-state index contributed by atoms with van der Waals surface area (Å²) in [5.41, 5.74) is 2.01. The van der Waals surface area contributed by atoms with Crippen LogP contribution < -0.4 is 0 Å². The van der Waals surface area contributed by atoms with E-state index >= 15 is 0 Å². The third-order valence-electron chi connectivity index (χ3n) is 4.07. The summed E-state index contributed by atoms with van der Waals surface area (Å²) in [4.78, 5) is 0. The summed E-state index contributed by atoms with van der Waals surface area (Å²) in [5.74, 6) is 0. The Morgan fingerprint density at radius 2 is 1.17 bits per heavy atom. The molecule has 0 aromatic carbocycles. The molecule has 0 spiro atoms. The highest BCUT2D eigenvalue weighted by molar-refractivity contribution is 5.40. The van der Waals surface area contributed by atoms with Crippen molar-refractivity contribution in [2.45, 2.75) is 27.7 Å². The normalized spacial score (nSPS) is 41.5. The minimum Gasteiger partial charge on any atom is -0.395 e. The van der Waals surface area contributed by atoms with Crippen LogP contribution in [-0.4, -0.2) is 23.4 Å². The van der Waals surface area contributed by atoms with Gasteiger partial charge in [0.05, 0.1) is 13.2 Å². The lowest BCUT2D eigenvalue weighted by molar-refractivity contribution is -0.0122. The average Bonchev–Trinajstić information content (AvgIpc) is 2.12. The fourth-order valence-corrected chi connectivity index (χ4v) is 2.18. The van der Waals surface area contributed by atoms with Crippen molar-refractivity contribution in [1.82, 2.24) is 0 Å². The third kappa shape index (κ3) is 0.771. The standard InChI is InChI=1S/C10H18O2/c1-7-8(2)10(4,6-12)9(7,3)5-11/h11-12H,5-6H2,1-4H3/t9-,10+. The van der Waals surface area contributed by atoms with E-state index in [1.165, 1.54) is 11.1 Å². The van der Waals surface area contributed by atoms with Crippen molar-refractivity contribution in [3.05, 3.63) is 11.1 Å². The monoisotopic (exact) mass is 170 g/mol. The van der Waals surface area contributed by atoms with Crippen LogP contribution in [0.15, 0.2) is 11.1 Å². The van der Waals surface area contributed by atoms with Crippen LogP contribution >= 0.6 is 0 Å². The first kappa shape index (κ1) is 9.75. The molecule has 0 saturated carbocycles. The zero-order valence-electron chi connectivity index (χ0n) is 8.31. The van der Waals surface area contributed by atoms with Crippen LogP contribution in [0.2, 0.25) is 0 Å². The van der Waals surface area contributed by atoms with E-state index < -0.39 is 0 Å². The Bertz CT molecular complexity index is 208. The molecule has 0 radical (unpaired) electrons. The van der Waals surface area contributed by atoms with Crippen molar-refractivity contribution < 1.29 is 10.2 Å². The number of hydrogen-bond acceptors (Lipinski definition) is 2. The number of aliphatic hydroxyl groups is 2. The van der Waals surface area contributed by atoms with Gasteiger partial charge in [-0.1, -0.05) is 25.0 Å². The van der Waals surface area contributed by atoms with Gasteiger partial charge in [0, 0.05) is 10.8 Å². The summed E-state index contributed by atoms with van der Waals surface area (Å²) in [6, 6.07) is 0. The van der Waals surface area contributed by atoms with E-state index in [9.17, 15) is 10.2 Å². The van der Waals surface area contributed by atoms with E-state index in [2.05, 4.69) is 0 Å². The molecular formula is C10H18O2. The highest BCUT2D eigenvalue weighted by Gasteiger charge is 2.54. The lowest BCUT2D eigenvalue weighted by atomic mass is 9.49. The highest BCUT2D eigenvalue weighted by Crippen LogP contribution is 2.59. The molecule has 0 saturated heterocycles. The van der Waals surface area contributed by atoms with Crippen LogP contribution in [0.4, 0.5) is 0 Å². The maximum atomic E-state index is 9.25. The van der Waals surface area contributed by atoms with Crippen LogP contribution in [-0.2, 0) is 0 Å². The zero-order chi connectivity index (χ0) is 9.57. The molecule has 0 aromatic heterocycles. The van der Waals surface area contributed by atoms with E-state index in [1.54, 1.807) is 0 Å². The largest absolute Gasteiger partial charge is 0.395 e. The second-order valence-corrected chi connectivity index (χ2v) is 4.23. The highest BCUT2D eigenvalue weighted by atomic mass is 16.3. The first-order valence-electron chi connectivity index (χ1n) is 4.34. The summed E-state index contributed by atoms with van der Waals surface area (Å²) in [6.07, 6.45) is 0. The first-order valence-corrected chi connectivity index (χ1v) is 4.34. The third-order valence-corrected chi connectivity index (χ3v) is 4.07. The molecule has 0 amide bonds. The van der Waals surface area contributed by atoms with Crippen LogP contribution in [0, 0.1) is 10.8 Å². The molecule has 0 heterocycles. The van der Waals surface area contributed by atoms with Gasteiger partial charge in [-0.3, -0.25) is 0 Å². The quantitative estimate of drug-likeness (QED) is 0.614. The maximum absolute atomic E-state index is 9.25. The van der Waals surface area contributed by atoms with Crippen molar-refractivity contribution in [3.8, 4) is 0 Å². The molecule has 0 unspecified atom stereocenters. The number of aliphatic hydroxyl groups excluding tert-OH is 2. The van der Waals surface area contributed by atoms with Gasteiger partial charge in [0.15, 0.2) is 0 Å². The molecule has 2 N–H and O–H groups in total. The second kappa shape index (κ2) is 2.57. The van der Waals surface area contributed by atoms with Crippen LogP contribution in [0.3, 0.4) is 0 Å². The Balaban J connectivity index is 3.09. The lowest BCUT2D eigenvalue weighted by Gasteiger charge is -2.56. The van der Waals surface area contributed by atoms with Gasteiger partial charge in [-0.15, -0.1) is 0 Å². The van der Waals surface area contributed by atoms with E-state index in [0.29, 0.717) is 0 Å². The van der Waals surface area contributed by atoms with Gasteiger partial charge in [-0.05, 0) is 13.8 Å². The van der Waals surface area contributed by atoms with Gasteiger partial charge in [0.2, 0.25) is 0 Å². The van der Waals surface area contributed by atoms with Gasteiger partial charge in [0.1, 0.15) is 0 Å². The van der Waals surface area contributed by atoms with Gasteiger partial charge >= 0.3 is 0 Å². The van der Waals surface area contributed by atoms with Crippen LogP contribution in [0.1, 0.15) is 27.7 Å². The van der Waals surface area contributed by atoms with Crippen molar-refractivity contribution >= 4 is 0 Å². The van der Waals surface area contributed by atoms with Crippen molar-refractivity contribution in [2.24, 2.45) is 10.8 Å². The molecular weight excluding hydrogens is 152 g/mol. The predicted octanol–water partition coefficient (Wildman–Crippen LogP) is 1.33. The smallest absolute Gasteiger partial charge is 0.0531 e. The Morgan fingerprint density at radius 3 is 1.33 bits per heavy atom. The first-order chi connectivity index (χ1) is 5.44. The molecule has 70 valence electrons. The van der Waals surface area contributed by atoms with Crippen LogP contribution in [0.25, 0.3) is 0 Å². The number of hydrogen-bond donors (Lipinski definition) is 2. The van der Waals surface area contributed by atoms with Crippen molar-refractivity contribution in [1.29, 1.82) is 0 Å². The van der Waals surface area contributed by atoms with E-state index in [1.807, 2.05) is 27.7 Å². The average molecular weight is 170 g/mol. The summed E-state index contributed by atoms with van der Waals surface area (Å²) in [5, 5.41) is 18.5. The van der Waals surface area contributed by atoms with Gasteiger partial charge in [-0.2, -0.15) is 0 Å². The van der Waals surface area contributed by atoms with Crippen LogP contribution in [0.5, 0.6) is 0 Å². The molecule has 0 fully saturated rings. The molecule has 0 aliphatic heterocycles. The molecule has 1 rings (SSSR count). The minimum absolute atomic E-state index is 0.118. The van der Waals surface area contributed by atoms with Gasteiger partial charge in [-0.25, -0.2) is 0 Å². The molecule has 0 aromatic rings. The van der Waals surface area contributed by atoms with Crippen molar-refractivity contribution in [2.75, 3.05) is 13.2 Å². The molecule has 2 heteroatoms. The molecule has 2 nitrogen and oxygen atoms in total. The van der Waals surface area contributed by atoms with Gasteiger partial charge in [0.25, 0.3) is 0 Å². The molecule has 12 heavy (non-hydrogen) atoms.